The van der Waals surface area contributed by atoms with Gasteiger partial charge in [-0.3, -0.25) is 15.1 Å². The Balaban J connectivity index is 1.83. The molecule has 1 aliphatic carbocycles. The zero-order valence-corrected chi connectivity index (χ0v) is 15.0. The van der Waals surface area contributed by atoms with Gasteiger partial charge in [0.05, 0.1) is 23.1 Å². The largest absolute Gasteiger partial charge is 0.388 e. The van der Waals surface area contributed by atoms with Gasteiger partial charge in [-0.2, -0.15) is 0 Å². The third kappa shape index (κ3) is 3.02. The molecule has 1 aliphatic heterocycles. The van der Waals surface area contributed by atoms with Crippen molar-refractivity contribution in [3.63, 3.8) is 0 Å². The maximum atomic E-state index is 11.7. The van der Waals surface area contributed by atoms with Crippen LogP contribution in [0.5, 0.6) is 0 Å². The summed E-state index contributed by atoms with van der Waals surface area (Å²) in [6.45, 7) is 10.1. The lowest BCUT2D eigenvalue weighted by molar-refractivity contribution is -0.384. The average Bonchev–Trinajstić information content (AvgIpc) is 3.29. The number of nitrogens with zero attached hydrogens (tertiary/aromatic N) is 4. The van der Waals surface area contributed by atoms with E-state index in [4.69, 9.17) is 6.57 Å². The Morgan fingerprint density at radius 3 is 2.85 bits per heavy atom. The van der Waals surface area contributed by atoms with Crippen LogP contribution in [0.2, 0.25) is 0 Å². The van der Waals surface area contributed by atoms with E-state index in [9.17, 15) is 15.2 Å². The van der Waals surface area contributed by atoms with Crippen LogP contribution >= 0.6 is 0 Å². The summed E-state index contributed by atoms with van der Waals surface area (Å²) in [5.74, 6) is 0.347. The van der Waals surface area contributed by atoms with Gasteiger partial charge in [0.15, 0.2) is 5.69 Å². The van der Waals surface area contributed by atoms with Crippen LogP contribution in [0, 0.1) is 22.6 Å². The van der Waals surface area contributed by atoms with E-state index < -0.39 is 5.60 Å². The van der Waals surface area contributed by atoms with Crippen molar-refractivity contribution in [2.45, 2.75) is 37.8 Å². The maximum Gasteiger partial charge on any atom is 0.292 e. The van der Waals surface area contributed by atoms with E-state index in [0.717, 1.165) is 24.8 Å². The summed E-state index contributed by atoms with van der Waals surface area (Å²) in [6, 6.07) is 6.43. The second kappa shape index (κ2) is 6.32. The predicted octanol–water partition coefficient (Wildman–Crippen LogP) is 3.95. The highest BCUT2D eigenvalue weighted by Crippen LogP contribution is 2.49. The molecule has 2 atom stereocenters. The van der Waals surface area contributed by atoms with E-state index >= 15 is 0 Å². The number of nitro groups is 1. The molecule has 2 aromatic rings. The van der Waals surface area contributed by atoms with Gasteiger partial charge in [-0.15, -0.1) is 0 Å². The van der Waals surface area contributed by atoms with Gasteiger partial charge in [0.2, 0.25) is 0 Å². The summed E-state index contributed by atoms with van der Waals surface area (Å²) in [4.78, 5) is 20.9. The molecule has 1 aromatic carbocycles. The molecule has 2 aliphatic rings. The summed E-state index contributed by atoms with van der Waals surface area (Å²) in [7, 11) is 0. The van der Waals surface area contributed by atoms with Crippen molar-refractivity contribution < 1.29 is 10.0 Å². The fourth-order valence-electron chi connectivity index (χ4n) is 4.07. The molecule has 7 heteroatoms. The Labute approximate surface area is 157 Å². The maximum absolute atomic E-state index is 11.7. The first-order valence-corrected chi connectivity index (χ1v) is 9.02. The van der Waals surface area contributed by atoms with Crippen LogP contribution in [0.1, 0.15) is 26.2 Å². The molecule has 1 N–H and O–H groups in total. The van der Waals surface area contributed by atoms with Crippen LogP contribution in [-0.4, -0.2) is 33.2 Å². The number of aromatic nitrogens is 1. The normalized spacial score (nSPS) is 23.1. The SMILES string of the molecule is [C-]#[N+]c1ccncc1-c1ccc([N+](=O)[O-])c(N2C[C@@H](C)C[C@H]2C2(O)CC2)c1. The highest BCUT2D eigenvalue weighted by molar-refractivity contribution is 5.82. The number of benzene rings is 1. The number of rotatable bonds is 4. The first-order valence-electron chi connectivity index (χ1n) is 9.02. The van der Waals surface area contributed by atoms with Crippen molar-refractivity contribution in [1.82, 2.24) is 4.98 Å². The first kappa shape index (κ1) is 17.4. The Morgan fingerprint density at radius 2 is 2.19 bits per heavy atom. The van der Waals surface area contributed by atoms with E-state index in [1.165, 1.54) is 6.07 Å². The molecule has 2 heterocycles. The smallest absolute Gasteiger partial charge is 0.292 e. The van der Waals surface area contributed by atoms with Gasteiger partial charge < -0.3 is 10.0 Å². The zero-order chi connectivity index (χ0) is 19.2. The van der Waals surface area contributed by atoms with Crippen LogP contribution in [-0.2, 0) is 0 Å². The van der Waals surface area contributed by atoms with Gasteiger partial charge >= 0.3 is 0 Å². The molecule has 1 saturated carbocycles. The molecular weight excluding hydrogens is 344 g/mol. The Kier molecular flexibility index (Phi) is 4.08. The molecule has 1 aromatic heterocycles. The first-order chi connectivity index (χ1) is 12.9. The third-order valence-corrected chi connectivity index (χ3v) is 5.60. The van der Waals surface area contributed by atoms with Crippen LogP contribution in [0.3, 0.4) is 0 Å². The van der Waals surface area contributed by atoms with Crippen molar-refractivity contribution in [3.05, 3.63) is 58.2 Å². The molecule has 0 radical (unpaired) electrons. The minimum Gasteiger partial charge on any atom is -0.388 e. The fraction of sp³-hybridized carbons (Fsp3) is 0.400. The van der Waals surface area contributed by atoms with Gasteiger partial charge in [-0.25, -0.2) is 4.85 Å². The summed E-state index contributed by atoms with van der Waals surface area (Å²) >= 11 is 0. The lowest BCUT2D eigenvalue weighted by Crippen LogP contribution is -2.41. The molecule has 27 heavy (non-hydrogen) atoms. The quantitative estimate of drug-likeness (QED) is 0.504. The molecule has 138 valence electrons. The van der Waals surface area contributed by atoms with E-state index in [0.29, 0.717) is 29.4 Å². The Bertz CT molecular complexity index is 948. The molecular formula is C20H20N4O3. The van der Waals surface area contributed by atoms with Crippen LogP contribution in [0.15, 0.2) is 36.7 Å². The fourth-order valence-corrected chi connectivity index (χ4v) is 4.07. The molecule has 2 fully saturated rings. The average molecular weight is 364 g/mol. The monoisotopic (exact) mass is 364 g/mol. The van der Waals surface area contributed by atoms with Gasteiger partial charge in [-0.05, 0) is 48.9 Å². The van der Waals surface area contributed by atoms with Gasteiger partial charge in [0.1, 0.15) is 5.69 Å². The molecule has 4 rings (SSSR count). The minimum atomic E-state index is -0.745. The zero-order valence-electron chi connectivity index (χ0n) is 15.0. The van der Waals surface area contributed by atoms with Crippen molar-refractivity contribution in [1.29, 1.82) is 0 Å². The van der Waals surface area contributed by atoms with Gasteiger partial charge in [-0.1, -0.05) is 6.92 Å². The summed E-state index contributed by atoms with van der Waals surface area (Å²) < 4.78 is 0. The Hall–Kier alpha value is -2.98. The number of hydrogen-bond donors (Lipinski definition) is 1. The molecule has 1 saturated heterocycles. The lowest BCUT2D eigenvalue weighted by Gasteiger charge is -2.30. The summed E-state index contributed by atoms with van der Waals surface area (Å²) in [5, 5.41) is 22.4. The van der Waals surface area contributed by atoms with Crippen LogP contribution in [0.4, 0.5) is 17.1 Å². The number of nitro benzene ring substituents is 1. The molecule has 7 nitrogen and oxygen atoms in total. The second-order valence-corrected chi connectivity index (χ2v) is 7.58. The van der Waals surface area contributed by atoms with E-state index in [-0.39, 0.29) is 16.7 Å². The molecule has 0 amide bonds. The van der Waals surface area contributed by atoms with Gasteiger partial charge in [0.25, 0.3) is 5.69 Å². The number of pyridine rings is 1. The van der Waals surface area contributed by atoms with E-state index in [1.54, 1.807) is 30.6 Å². The van der Waals surface area contributed by atoms with Crippen molar-refractivity contribution in [3.8, 4) is 11.1 Å². The number of hydrogen-bond acceptors (Lipinski definition) is 5. The minimum absolute atomic E-state index is 0.0235. The molecule has 0 unspecified atom stereocenters. The summed E-state index contributed by atoms with van der Waals surface area (Å²) in [5.41, 5.74) is 1.61. The van der Waals surface area contributed by atoms with E-state index in [2.05, 4.69) is 16.8 Å². The highest BCUT2D eigenvalue weighted by Gasteiger charge is 2.53. The predicted molar refractivity (Wildman–Crippen MR) is 102 cm³/mol. The topological polar surface area (TPSA) is 83.9 Å². The number of aliphatic hydroxyl groups is 1. The van der Waals surface area contributed by atoms with Crippen LogP contribution in [0.25, 0.3) is 16.0 Å². The van der Waals surface area contributed by atoms with Gasteiger partial charge in [0, 0.05) is 30.6 Å². The highest BCUT2D eigenvalue weighted by atomic mass is 16.6. The summed E-state index contributed by atoms with van der Waals surface area (Å²) in [6.07, 6.45) is 5.45. The third-order valence-electron chi connectivity index (χ3n) is 5.60. The number of anilines is 1. The lowest BCUT2D eigenvalue weighted by atomic mass is 10.0. The van der Waals surface area contributed by atoms with Crippen molar-refractivity contribution >= 4 is 17.1 Å². The van der Waals surface area contributed by atoms with E-state index in [1.807, 2.05) is 4.90 Å². The standard InChI is InChI=1S/C20H20N4O3/c1-13-9-19(20(25)6-7-20)23(12-13)18-10-14(3-4-17(18)24(26)27)15-11-22-8-5-16(15)21-2/h3-5,8,10-11,13,19,25H,6-7,9,12H2,1H3/t13-,19-/m0/s1. The molecule has 0 bridgehead atoms. The second-order valence-electron chi connectivity index (χ2n) is 7.58. The Morgan fingerprint density at radius 1 is 1.41 bits per heavy atom. The van der Waals surface area contributed by atoms with Crippen LogP contribution < -0.4 is 4.90 Å². The van der Waals surface area contributed by atoms with Crippen molar-refractivity contribution in [2.75, 3.05) is 11.4 Å². The van der Waals surface area contributed by atoms with Crippen molar-refractivity contribution in [2.24, 2.45) is 5.92 Å². The molecule has 0 spiro atoms.